The predicted molar refractivity (Wildman–Crippen MR) is 171 cm³/mol. The van der Waals surface area contributed by atoms with Crippen molar-refractivity contribution in [1.82, 2.24) is 5.32 Å². The molecule has 0 aliphatic heterocycles. The average Bonchev–Trinajstić information content (AvgIpc) is 3.54. The summed E-state index contributed by atoms with van der Waals surface area (Å²) < 4.78 is 0. The van der Waals surface area contributed by atoms with Gasteiger partial charge >= 0.3 is 0 Å². The Kier molecular flexibility index (Phi) is 6.55. The van der Waals surface area contributed by atoms with Crippen LogP contribution in [0.25, 0.3) is 0 Å². The van der Waals surface area contributed by atoms with Crippen LogP contribution in [-0.4, -0.2) is 17.1 Å². The smallest absolute Gasteiger partial charge is 0.227 e. The zero-order valence-corrected chi connectivity index (χ0v) is 27.4. The van der Waals surface area contributed by atoms with Crippen LogP contribution in [0, 0.1) is 56.7 Å². The maximum Gasteiger partial charge on any atom is 0.227 e. The molecule has 5 fully saturated rings. The second kappa shape index (κ2) is 9.45. The van der Waals surface area contributed by atoms with Gasteiger partial charge in [-0.3, -0.25) is 4.79 Å². The molecule has 3 nitrogen and oxygen atoms in total. The molecule has 1 aromatic rings. The van der Waals surface area contributed by atoms with Crippen LogP contribution >= 0.6 is 0 Å². The maximum atomic E-state index is 14.7. The van der Waals surface area contributed by atoms with Crippen molar-refractivity contribution in [3.05, 3.63) is 47.5 Å². The first-order valence-electron chi connectivity index (χ1n) is 17.5. The normalized spacial score (nSPS) is 48.7. The number of allylic oxidation sites excluding steroid dienone is 1. The van der Waals surface area contributed by atoms with Gasteiger partial charge in [0, 0.05) is 0 Å². The van der Waals surface area contributed by atoms with Gasteiger partial charge in [-0.25, -0.2) is 0 Å². The van der Waals surface area contributed by atoms with Crippen molar-refractivity contribution in [3.8, 4) is 0 Å². The van der Waals surface area contributed by atoms with Crippen LogP contribution in [0.15, 0.2) is 36.4 Å². The van der Waals surface area contributed by atoms with Gasteiger partial charge in [-0.05, 0) is 146 Å². The minimum absolute atomic E-state index is 0.0127. The third kappa shape index (κ3) is 3.64. The number of rotatable bonds is 3. The Balaban J connectivity index is 1.23. The lowest BCUT2D eigenvalue weighted by Crippen LogP contribution is -2.67. The number of carbonyl (C=O) groups is 1. The Morgan fingerprint density at radius 2 is 1.62 bits per heavy atom. The first-order chi connectivity index (χ1) is 19.8. The molecule has 7 rings (SSSR count). The van der Waals surface area contributed by atoms with Gasteiger partial charge in [0.25, 0.3) is 0 Å². The highest BCUT2D eigenvalue weighted by Gasteiger charge is 2.71. The van der Waals surface area contributed by atoms with Gasteiger partial charge in [0.1, 0.15) is 0 Å². The van der Waals surface area contributed by atoms with Crippen LogP contribution in [0.2, 0.25) is 0 Å². The lowest BCUT2D eigenvalue weighted by molar-refractivity contribution is -0.246. The van der Waals surface area contributed by atoms with Gasteiger partial charge < -0.3 is 10.4 Å². The molecule has 0 saturated heterocycles. The fourth-order valence-corrected chi connectivity index (χ4v) is 13.5. The average molecular weight is 572 g/mol. The first-order valence-corrected chi connectivity index (χ1v) is 17.5. The zero-order valence-electron chi connectivity index (χ0n) is 27.4. The predicted octanol–water partition coefficient (Wildman–Crippen LogP) is 8.81. The van der Waals surface area contributed by atoms with Gasteiger partial charge in [-0.1, -0.05) is 71.0 Å². The molecule has 5 saturated carbocycles. The number of fused-ring (bicyclic) bond motifs is 8. The number of aliphatic hydroxyl groups is 1. The molecule has 1 aromatic carbocycles. The molecule has 0 radical (unpaired) electrons. The minimum Gasteiger partial charge on any atom is -0.393 e. The Morgan fingerprint density at radius 1 is 0.857 bits per heavy atom. The summed E-state index contributed by atoms with van der Waals surface area (Å²) in [7, 11) is 0. The minimum atomic E-state index is -0.257. The van der Waals surface area contributed by atoms with Crippen LogP contribution < -0.4 is 5.32 Å². The molecule has 6 aliphatic carbocycles. The highest BCUT2D eigenvalue weighted by molar-refractivity contribution is 5.84. The molecule has 11 atom stereocenters. The van der Waals surface area contributed by atoms with E-state index in [1.54, 1.807) is 0 Å². The van der Waals surface area contributed by atoms with E-state index in [-0.39, 0.29) is 39.2 Å². The van der Waals surface area contributed by atoms with Crippen molar-refractivity contribution in [1.29, 1.82) is 0 Å². The molecule has 3 heteroatoms. The Bertz CT molecular complexity index is 1280. The van der Waals surface area contributed by atoms with Gasteiger partial charge in [0.15, 0.2) is 0 Å². The van der Waals surface area contributed by atoms with Crippen molar-refractivity contribution in [2.45, 2.75) is 131 Å². The summed E-state index contributed by atoms with van der Waals surface area (Å²) in [5, 5.41) is 14.7. The van der Waals surface area contributed by atoms with Crippen molar-refractivity contribution >= 4 is 5.91 Å². The van der Waals surface area contributed by atoms with Gasteiger partial charge in [0.05, 0.1) is 17.6 Å². The number of benzene rings is 1. The topological polar surface area (TPSA) is 49.3 Å². The van der Waals surface area contributed by atoms with Crippen molar-refractivity contribution < 1.29 is 9.90 Å². The molecule has 1 amide bonds. The molecule has 230 valence electrons. The van der Waals surface area contributed by atoms with E-state index in [9.17, 15) is 9.90 Å². The van der Waals surface area contributed by atoms with Gasteiger partial charge in [0.2, 0.25) is 5.91 Å². The third-order valence-corrected chi connectivity index (χ3v) is 15.9. The van der Waals surface area contributed by atoms with E-state index >= 15 is 0 Å². The molecule has 6 aliphatic rings. The quantitative estimate of drug-likeness (QED) is 0.356. The number of aliphatic hydroxyl groups excluding tert-OH is 1. The zero-order chi connectivity index (χ0) is 29.9. The molecular weight excluding hydrogens is 514 g/mol. The summed E-state index contributed by atoms with van der Waals surface area (Å²) in [6, 6.07) is 8.90. The molecule has 0 heterocycles. The lowest BCUT2D eigenvalue weighted by atomic mass is 9.32. The molecule has 0 aromatic heterocycles. The highest BCUT2D eigenvalue weighted by Crippen LogP contribution is 2.77. The van der Waals surface area contributed by atoms with Crippen LogP contribution in [0.3, 0.4) is 0 Å². The summed E-state index contributed by atoms with van der Waals surface area (Å²) in [6.07, 6.45) is 13.4. The number of nitrogens with one attached hydrogen (secondary N) is 1. The number of aryl methyl sites for hydroxylation is 1. The fourth-order valence-electron chi connectivity index (χ4n) is 13.5. The Morgan fingerprint density at radius 3 is 2.38 bits per heavy atom. The van der Waals surface area contributed by atoms with E-state index in [0.29, 0.717) is 35.5 Å². The van der Waals surface area contributed by atoms with Gasteiger partial charge in [-0.15, -0.1) is 0 Å². The summed E-state index contributed by atoms with van der Waals surface area (Å²) in [5.41, 5.74) is 4.57. The molecule has 2 N–H and O–H groups in total. The Labute approximate surface area is 255 Å². The summed E-state index contributed by atoms with van der Waals surface area (Å²) in [6.45, 7) is 19.4. The van der Waals surface area contributed by atoms with E-state index in [2.05, 4.69) is 77.7 Å². The molecule has 42 heavy (non-hydrogen) atoms. The van der Waals surface area contributed by atoms with E-state index in [0.717, 1.165) is 44.9 Å². The van der Waals surface area contributed by atoms with E-state index < -0.39 is 0 Å². The molecule has 4 unspecified atom stereocenters. The second-order valence-corrected chi connectivity index (χ2v) is 17.5. The summed E-state index contributed by atoms with van der Waals surface area (Å²) in [5.74, 6) is 3.05. The number of carbonyl (C=O) groups excluding carboxylic acids is 1. The standard InChI is InChI=1S/C39H57NO2/c1-24(2)26-16-21-39(34(42)40-29-14-12-25-10-8-9-11-27(25)29)23-22-37(6)28(33(26)39)13-15-31-36(5)19-18-32(41)35(3,4)30(36)17-20-38(31,37)7/h8-11,26,28-33,41H,1,12-23H2,2-7H3,(H,40,42)/t26-,28+,29?,30?,31?,32-,33?,36-,37+,38+,39-/m0/s1. The maximum absolute atomic E-state index is 14.7. The number of amides is 1. The number of hydrogen-bond acceptors (Lipinski definition) is 2. The van der Waals surface area contributed by atoms with Crippen molar-refractivity contribution in [3.63, 3.8) is 0 Å². The van der Waals surface area contributed by atoms with Crippen LogP contribution in [-0.2, 0) is 11.2 Å². The van der Waals surface area contributed by atoms with E-state index in [4.69, 9.17) is 0 Å². The lowest BCUT2D eigenvalue weighted by Gasteiger charge is -2.72. The van der Waals surface area contributed by atoms with Crippen LogP contribution in [0.5, 0.6) is 0 Å². The van der Waals surface area contributed by atoms with Crippen LogP contribution in [0.4, 0.5) is 0 Å². The summed E-state index contributed by atoms with van der Waals surface area (Å²) in [4.78, 5) is 14.7. The molecule has 0 bridgehead atoms. The molecular formula is C39H57NO2. The van der Waals surface area contributed by atoms with Crippen LogP contribution in [0.1, 0.15) is 129 Å². The Hall–Kier alpha value is -1.61. The SMILES string of the molecule is C=C(C)[C@@H]1CC[C@]2(C(=O)NC3CCc4ccccc43)CC[C@]3(C)[C@H](CCC4[C@@]5(C)CC[C@H](O)C(C)(C)C5CC[C@]43C)C12. The summed E-state index contributed by atoms with van der Waals surface area (Å²) >= 11 is 0. The second-order valence-electron chi connectivity index (χ2n) is 17.5. The van der Waals surface area contributed by atoms with Crippen molar-refractivity contribution in [2.75, 3.05) is 0 Å². The van der Waals surface area contributed by atoms with E-state index in [1.165, 1.54) is 48.8 Å². The van der Waals surface area contributed by atoms with E-state index in [1.807, 2.05) is 0 Å². The van der Waals surface area contributed by atoms with Crippen molar-refractivity contribution in [2.24, 2.45) is 56.7 Å². The number of hydrogen-bond donors (Lipinski definition) is 2. The van der Waals surface area contributed by atoms with Gasteiger partial charge in [-0.2, -0.15) is 0 Å². The highest BCUT2D eigenvalue weighted by atomic mass is 16.3. The largest absolute Gasteiger partial charge is 0.393 e. The first kappa shape index (κ1) is 29.1. The monoisotopic (exact) mass is 571 g/mol. The third-order valence-electron chi connectivity index (χ3n) is 15.9. The fraction of sp³-hybridized carbons (Fsp3) is 0.769. The molecule has 0 spiro atoms.